The monoisotopic (exact) mass is 508 g/mol. The summed E-state index contributed by atoms with van der Waals surface area (Å²) < 4.78 is 29.9. The number of hydrogen-bond donors (Lipinski definition) is 0. The van der Waals surface area contributed by atoms with Gasteiger partial charge >= 0.3 is 0 Å². The molecule has 36 heavy (non-hydrogen) atoms. The molecule has 7 nitrogen and oxygen atoms in total. The minimum Gasteiger partial charge on any atom is -0.491 e. The Balaban J connectivity index is 1.33. The number of amides is 2. The van der Waals surface area contributed by atoms with E-state index in [9.17, 15) is 14.0 Å². The lowest BCUT2D eigenvalue weighted by Gasteiger charge is -2.37. The molecule has 0 bridgehead atoms. The topological polar surface area (TPSA) is 68.3 Å². The van der Waals surface area contributed by atoms with Crippen LogP contribution < -0.4 is 14.2 Å². The van der Waals surface area contributed by atoms with Crippen molar-refractivity contribution in [2.24, 2.45) is 0 Å². The third-order valence-corrected chi connectivity index (χ3v) is 7.22. The maximum absolute atomic E-state index is 13.6. The maximum Gasteiger partial charge on any atom is 0.254 e. The summed E-state index contributed by atoms with van der Waals surface area (Å²) in [5.41, 5.74) is 1.45. The second-order valence-electron chi connectivity index (χ2n) is 8.46. The van der Waals surface area contributed by atoms with Gasteiger partial charge in [0.1, 0.15) is 24.7 Å². The predicted octanol–water partition coefficient (Wildman–Crippen LogP) is 4.45. The van der Waals surface area contributed by atoms with E-state index in [1.54, 1.807) is 52.6 Å². The highest BCUT2D eigenvalue weighted by Crippen LogP contribution is 2.35. The fourth-order valence-corrected chi connectivity index (χ4v) is 5.35. The Morgan fingerprint density at radius 2 is 1.97 bits per heavy atom. The summed E-state index contributed by atoms with van der Waals surface area (Å²) in [5.74, 6) is 0.791. The van der Waals surface area contributed by atoms with E-state index in [0.717, 1.165) is 12.0 Å². The molecule has 0 fully saturated rings. The van der Waals surface area contributed by atoms with Crippen molar-refractivity contribution in [3.63, 3.8) is 0 Å². The number of ether oxygens (including phenoxy) is 3. The van der Waals surface area contributed by atoms with Gasteiger partial charge in [-0.05, 0) is 65.9 Å². The second kappa shape index (κ2) is 10.4. The van der Waals surface area contributed by atoms with Gasteiger partial charge < -0.3 is 24.0 Å². The van der Waals surface area contributed by atoms with Gasteiger partial charge in [0, 0.05) is 23.5 Å². The smallest absolute Gasteiger partial charge is 0.254 e. The Morgan fingerprint density at radius 1 is 1.17 bits per heavy atom. The lowest BCUT2D eigenvalue weighted by atomic mass is 10.0. The quantitative estimate of drug-likeness (QED) is 0.421. The molecular formula is C27H25FN2O5S. The summed E-state index contributed by atoms with van der Waals surface area (Å²) in [4.78, 5) is 31.3. The molecule has 5 rings (SSSR count). The average molecular weight is 509 g/mol. The molecule has 2 aromatic carbocycles. The van der Waals surface area contributed by atoms with Crippen molar-refractivity contribution in [2.75, 3.05) is 33.0 Å². The molecule has 1 aromatic heterocycles. The van der Waals surface area contributed by atoms with E-state index >= 15 is 0 Å². The van der Waals surface area contributed by atoms with E-state index in [2.05, 4.69) is 6.58 Å². The van der Waals surface area contributed by atoms with Crippen molar-refractivity contribution in [3.8, 4) is 17.2 Å². The summed E-state index contributed by atoms with van der Waals surface area (Å²) in [6, 6.07) is 12.5. The third kappa shape index (κ3) is 4.92. The van der Waals surface area contributed by atoms with Crippen LogP contribution in [0.15, 0.2) is 66.6 Å². The van der Waals surface area contributed by atoms with Gasteiger partial charge in [-0.1, -0.05) is 6.08 Å². The van der Waals surface area contributed by atoms with Crippen LogP contribution in [0.3, 0.4) is 0 Å². The van der Waals surface area contributed by atoms with E-state index in [-0.39, 0.29) is 50.2 Å². The minimum absolute atomic E-state index is 0.105. The molecule has 3 aromatic rings. The fourth-order valence-electron chi connectivity index (χ4n) is 4.42. The lowest BCUT2D eigenvalue weighted by molar-refractivity contribution is -0.135. The molecule has 1 unspecified atom stereocenters. The number of fused-ring (bicyclic) bond motifs is 2. The summed E-state index contributed by atoms with van der Waals surface area (Å²) in [6.07, 6.45) is 2.34. The van der Waals surface area contributed by atoms with Crippen LogP contribution in [-0.2, 0) is 11.2 Å². The first-order valence-electron chi connectivity index (χ1n) is 11.6. The highest BCUT2D eigenvalue weighted by molar-refractivity contribution is 7.10. The molecular weight excluding hydrogens is 483 g/mol. The van der Waals surface area contributed by atoms with Gasteiger partial charge in [0.15, 0.2) is 11.5 Å². The van der Waals surface area contributed by atoms with Gasteiger partial charge in [-0.25, -0.2) is 4.39 Å². The van der Waals surface area contributed by atoms with E-state index in [1.807, 2.05) is 11.4 Å². The van der Waals surface area contributed by atoms with Crippen LogP contribution >= 0.6 is 11.3 Å². The van der Waals surface area contributed by atoms with Gasteiger partial charge in [-0.3, -0.25) is 9.59 Å². The zero-order valence-electron chi connectivity index (χ0n) is 19.5. The Kier molecular flexibility index (Phi) is 6.90. The van der Waals surface area contributed by atoms with Crippen molar-refractivity contribution in [1.82, 2.24) is 9.80 Å². The number of hydrogen-bond acceptors (Lipinski definition) is 6. The number of benzene rings is 2. The van der Waals surface area contributed by atoms with E-state index in [1.165, 1.54) is 21.9 Å². The fraction of sp³-hybridized carbons (Fsp3) is 0.259. The minimum atomic E-state index is -0.341. The molecule has 0 aliphatic carbocycles. The van der Waals surface area contributed by atoms with Gasteiger partial charge in [0.25, 0.3) is 5.91 Å². The average Bonchev–Trinajstić information content (AvgIpc) is 3.56. The standard InChI is InChI=1S/C27H25FN2O5S/c1-2-11-29(27(32)18-3-8-23-24(14-18)35-17-34-23)15-26(31)30-12-9-25-21(10-13-36-25)22(30)16-33-20-6-4-19(28)5-7-20/h2-8,10,13-14,22H,1,9,11-12,15-17H2. The number of rotatable bonds is 8. The number of nitrogens with zero attached hydrogens (tertiary/aromatic N) is 2. The highest BCUT2D eigenvalue weighted by atomic mass is 32.1. The maximum atomic E-state index is 13.6. The Morgan fingerprint density at radius 3 is 2.78 bits per heavy atom. The van der Waals surface area contributed by atoms with E-state index < -0.39 is 0 Å². The molecule has 0 saturated heterocycles. The molecule has 1 atom stereocenters. The van der Waals surface area contributed by atoms with Crippen molar-refractivity contribution in [3.05, 3.63) is 88.4 Å². The first kappa shape index (κ1) is 23.9. The first-order valence-corrected chi connectivity index (χ1v) is 12.5. The van der Waals surface area contributed by atoms with Crippen LogP contribution in [0.4, 0.5) is 4.39 Å². The van der Waals surface area contributed by atoms with Gasteiger partial charge in [-0.15, -0.1) is 17.9 Å². The molecule has 0 N–H and O–H groups in total. The van der Waals surface area contributed by atoms with Gasteiger partial charge in [-0.2, -0.15) is 0 Å². The van der Waals surface area contributed by atoms with Crippen molar-refractivity contribution in [2.45, 2.75) is 12.5 Å². The third-order valence-electron chi connectivity index (χ3n) is 6.22. The van der Waals surface area contributed by atoms with Crippen LogP contribution in [0.25, 0.3) is 0 Å². The lowest BCUT2D eigenvalue weighted by Crippen LogP contribution is -2.47. The molecule has 2 aliphatic heterocycles. The summed E-state index contributed by atoms with van der Waals surface area (Å²) in [7, 11) is 0. The van der Waals surface area contributed by atoms with E-state index in [0.29, 0.717) is 29.4 Å². The Hall–Kier alpha value is -3.85. The summed E-state index contributed by atoms with van der Waals surface area (Å²) >= 11 is 1.66. The largest absolute Gasteiger partial charge is 0.491 e. The molecule has 0 spiro atoms. The van der Waals surface area contributed by atoms with Gasteiger partial charge in [0.05, 0.1) is 6.04 Å². The van der Waals surface area contributed by atoms with Crippen LogP contribution in [0.5, 0.6) is 17.2 Å². The molecule has 0 radical (unpaired) electrons. The van der Waals surface area contributed by atoms with E-state index in [4.69, 9.17) is 14.2 Å². The zero-order valence-corrected chi connectivity index (χ0v) is 20.3. The zero-order chi connectivity index (χ0) is 25.1. The normalized spacial score (nSPS) is 15.8. The molecule has 9 heteroatoms. The molecule has 2 amide bonds. The molecule has 186 valence electrons. The molecule has 3 heterocycles. The predicted molar refractivity (Wildman–Crippen MR) is 133 cm³/mol. The SMILES string of the molecule is C=CCN(CC(=O)N1CCc2sccc2C1COc1ccc(F)cc1)C(=O)c1ccc2c(c1)OCO2. The second-order valence-corrected chi connectivity index (χ2v) is 9.46. The Labute approximate surface area is 212 Å². The van der Waals surface area contributed by atoms with Gasteiger partial charge in [0.2, 0.25) is 12.7 Å². The van der Waals surface area contributed by atoms with Crippen LogP contribution in [0.1, 0.15) is 26.8 Å². The van der Waals surface area contributed by atoms with Crippen molar-refractivity contribution < 1.29 is 28.2 Å². The van der Waals surface area contributed by atoms with Crippen LogP contribution in [0.2, 0.25) is 0 Å². The first-order chi connectivity index (χ1) is 17.5. The number of carbonyl (C=O) groups excluding carboxylic acids is 2. The summed E-state index contributed by atoms with van der Waals surface area (Å²) in [5, 5.41) is 2.01. The number of thiophene rings is 1. The number of halogens is 1. The molecule has 2 aliphatic rings. The highest BCUT2D eigenvalue weighted by Gasteiger charge is 2.33. The van der Waals surface area contributed by atoms with Crippen LogP contribution in [-0.4, -0.2) is 54.6 Å². The molecule has 0 saturated carbocycles. The number of carbonyl (C=O) groups is 2. The van der Waals surface area contributed by atoms with Crippen molar-refractivity contribution in [1.29, 1.82) is 0 Å². The van der Waals surface area contributed by atoms with Crippen molar-refractivity contribution >= 4 is 23.2 Å². The van der Waals surface area contributed by atoms with Crippen LogP contribution in [0, 0.1) is 5.82 Å². The Bertz CT molecular complexity index is 1280. The summed E-state index contributed by atoms with van der Waals surface area (Å²) in [6.45, 7) is 4.72.